The van der Waals surface area contributed by atoms with Gasteiger partial charge in [-0.3, -0.25) is 0 Å². The highest BCUT2D eigenvalue weighted by Gasteiger charge is 2.29. The second kappa shape index (κ2) is 6.63. The van der Waals surface area contributed by atoms with Gasteiger partial charge in [-0.15, -0.1) is 0 Å². The van der Waals surface area contributed by atoms with Crippen molar-refractivity contribution < 1.29 is 17.9 Å². The van der Waals surface area contributed by atoms with Crippen LogP contribution in [-0.2, 0) is 10.0 Å². The fraction of sp³-hybridized carbons (Fsp3) is 0.294. The Morgan fingerprint density at radius 3 is 2.62 bits per heavy atom. The summed E-state index contributed by atoms with van der Waals surface area (Å²) in [6, 6.07) is 12.2. The van der Waals surface area contributed by atoms with Gasteiger partial charge in [0.05, 0.1) is 11.6 Å². The van der Waals surface area contributed by atoms with Crippen LogP contribution in [0, 0.1) is 6.92 Å². The van der Waals surface area contributed by atoms with E-state index in [1.807, 2.05) is 25.1 Å². The van der Waals surface area contributed by atoms with Gasteiger partial charge >= 0.3 is 0 Å². The number of fused-ring (bicyclic) bond motifs is 1. The molecule has 1 aliphatic rings. The predicted molar refractivity (Wildman–Crippen MR) is 92.4 cm³/mol. The van der Waals surface area contributed by atoms with Crippen LogP contribution in [0.3, 0.4) is 0 Å². The summed E-state index contributed by atoms with van der Waals surface area (Å²) in [5.41, 5.74) is 0.905. The van der Waals surface area contributed by atoms with Gasteiger partial charge in [-0.1, -0.05) is 29.8 Å². The largest absolute Gasteiger partial charge is 0.486 e. The maximum absolute atomic E-state index is 12.7. The highest BCUT2D eigenvalue weighted by atomic mass is 35.5. The lowest BCUT2D eigenvalue weighted by Crippen LogP contribution is -2.41. The molecule has 0 N–H and O–H groups in total. The lowest BCUT2D eigenvalue weighted by molar-refractivity contribution is 0.0798. The Labute approximate surface area is 146 Å². The number of sulfonamides is 1. The average molecular weight is 368 g/mol. The fourth-order valence-corrected chi connectivity index (χ4v) is 4.29. The lowest BCUT2D eigenvalue weighted by atomic mass is 10.2. The SMILES string of the molecule is Cc1ccc(S(=O)(=O)N(C)CC2COc3ccccc3O2)c(Cl)c1. The molecular formula is C17H18ClNO4S. The minimum Gasteiger partial charge on any atom is -0.486 e. The molecular weight excluding hydrogens is 350 g/mol. The summed E-state index contributed by atoms with van der Waals surface area (Å²) in [6.07, 6.45) is -0.385. The highest BCUT2D eigenvalue weighted by molar-refractivity contribution is 7.89. The van der Waals surface area contributed by atoms with E-state index in [2.05, 4.69) is 0 Å². The van der Waals surface area contributed by atoms with Gasteiger partial charge in [0.15, 0.2) is 11.5 Å². The summed E-state index contributed by atoms with van der Waals surface area (Å²) in [5.74, 6) is 1.29. The Morgan fingerprint density at radius 2 is 1.92 bits per heavy atom. The number of halogens is 1. The number of nitrogens with zero attached hydrogens (tertiary/aromatic N) is 1. The van der Waals surface area contributed by atoms with Crippen molar-refractivity contribution >= 4 is 21.6 Å². The summed E-state index contributed by atoms with van der Waals surface area (Å²) in [7, 11) is -2.19. The molecule has 0 fully saturated rings. The third-order valence-electron chi connectivity index (χ3n) is 3.80. The molecule has 0 aliphatic carbocycles. The van der Waals surface area contributed by atoms with Crippen molar-refractivity contribution in [3.05, 3.63) is 53.1 Å². The third-order valence-corrected chi connectivity index (χ3v) is 6.11. The van der Waals surface area contributed by atoms with Crippen LogP contribution in [0.25, 0.3) is 0 Å². The molecule has 0 spiro atoms. The summed E-state index contributed by atoms with van der Waals surface area (Å²) >= 11 is 6.11. The summed E-state index contributed by atoms with van der Waals surface area (Å²) in [4.78, 5) is 0.0920. The zero-order chi connectivity index (χ0) is 17.3. The van der Waals surface area contributed by atoms with Gasteiger partial charge in [-0.25, -0.2) is 8.42 Å². The number of rotatable bonds is 4. The van der Waals surface area contributed by atoms with Crippen molar-refractivity contribution in [2.24, 2.45) is 0 Å². The van der Waals surface area contributed by atoms with Gasteiger partial charge in [0.25, 0.3) is 0 Å². The number of para-hydroxylation sites is 2. The molecule has 0 radical (unpaired) electrons. The molecule has 7 heteroatoms. The van der Waals surface area contributed by atoms with Crippen LogP contribution in [0.5, 0.6) is 11.5 Å². The Bertz CT molecular complexity index is 853. The topological polar surface area (TPSA) is 55.8 Å². The Balaban J connectivity index is 1.76. The average Bonchev–Trinajstić information content (AvgIpc) is 2.54. The number of likely N-dealkylation sites (N-methyl/N-ethyl adjacent to an activating group) is 1. The molecule has 0 amide bonds. The van der Waals surface area contributed by atoms with E-state index in [4.69, 9.17) is 21.1 Å². The smallest absolute Gasteiger partial charge is 0.244 e. The molecule has 1 heterocycles. The number of aryl methyl sites for hydroxylation is 1. The Hall–Kier alpha value is -1.76. The van der Waals surface area contributed by atoms with E-state index >= 15 is 0 Å². The molecule has 1 atom stereocenters. The first kappa shape index (κ1) is 17.1. The third kappa shape index (κ3) is 3.36. The molecule has 0 saturated heterocycles. The van der Waals surface area contributed by atoms with Gasteiger partial charge in [0, 0.05) is 7.05 Å². The molecule has 1 aliphatic heterocycles. The quantitative estimate of drug-likeness (QED) is 0.833. The zero-order valence-electron chi connectivity index (χ0n) is 13.4. The summed E-state index contributed by atoms with van der Waals surface area (Å²) < 4.78 is 38.1. The van der Waals surface area contributed by atoms with Crippen molar-refractivity contribution in [1.29, 1.82) is 0 Å². The molecule has 0 bridgehead atoms. The normalized spacial score (nSPS) is 17.1. The molecule has 3 rings (SSSR count). The van der Waals surface area contributed by atoms with Crippen molar-refractivity contribution in [2.75, 3.05) is 20.2 Å². The first-order chi connectivity index (χ1) is 11.4. The molecule has 0 saturated carbocycles. The minimum absolute atomic E-state index is 0.0920. The predicted octanol–water partition coefficient (Wildman–Crippen LogP) is 3.11. The van der Waals surface area contributed by atoms with Crippen LogP contribution in [0.1, 0.15) is 5.56 Å². The van der Waals surface area contributed by atoms with E-state index in [1.165, 1.54) is 17.4 Å². The monoisotopic (exact) mass is 367 g/mol. The highest BCUT2D eigenvalue weighted by Crippen LogP contribution is 2.31. The van der Waals surface area contributed by atoms with E-state index in [9.17, 15) is 8.42 Å². The van der Waals surface area contributed by atoms with E-state index < -0.39 is 10.0 Å². The van der Waals surface area contributed by atoms with Crippen LogP contribution in [0.2, 0.25) is 5.02 Å². The van der Waals surface area contributed by atoms with Crippen LogP contribution < -0.4 is 9.47 Å². The minimum atomic E-state index is -3.70. The fourth-order valence-electron chi connectivity index (χ4n) is 2.52. The number of benzene rings is 2. The first-order valence-electron chi connectivity index (χ1n) is 7.49. The van der Waals surface area contributed by atoms with Crippen molar-refractivity contribution in [2.45, 2.75) is 17.9 Å². The summed E-state index contributed by atoms with van der Waals surface area (Å²) in [6.45, 7) is 2.32. The van der Waals surface area contributed by atoms with Gasteiger partial charge < -0.3 is 9.47 Å². The van der Waals surface area contributed by atoms with Crippen molar-refractivity contribution in [1.82, 2.24) is 4.31 Å². The Kier molecular flexibility index (Phi) is 4.71. The van der Waals surface area contributed by atoms with E-state index in [1.54, 1.807) is 18.2 Å². The Morgan fingerprint density at radius 1 is 1.21 bits per heavy atom. The molecule has 24 heavy (non-hydrogen) atoms. The van der Waals surface area contributed by atoms with Crippen LogP contribution in [0.4, 0.5) is 0 Å². The molecule has 1 unspecified atom stereocenters. The van der Waals surface area contributed by atoms with Gasteiger partial charge in [0.1, 0.15) is 17.6 Å². The first-order valence-corrected chi connectivity index (χ1v) is 9.30. The molecule has 5 nitrogen and oxygen atoms in total. The maximum atomic E-state index is 12.7. The second-order valence-electron chi connectivity index (χ2n) is 5.72. The number of ether oxygens (including phenoxy) is 2. The van der Waals surface area contributed by atoms with Crippen molar-refractivity contribution in [3.63, 3.8) is 0 Å². The van der Waals surface area contributed by atoms with E-state index in [0.717, 1.165) is 5.56 Å². The van der Waals surface area contributed by atoms with Gasteiger partial charge in [0.2, 0.25) is 10.0 Å². The number of hydrogen-bond donors (Lipinski definition) is 0. The summed E-state index contributed by atoms with van der Waals surface area (Å²) in [5, 5.41) is 0.216. The van der Waals surface area contributed by atoms with E-state index in [0.29, 0.717) is 18.1 Å². The maximum Gasteiger partial charge on any atom is 0.244 e. The van der Waals surface area contributed by atoms with Gasteiger partial charge in [-0.05, 0) is 36.8 Å². The van der Waals surface area contributed by atoms with Crippen molar-refractivity contribution in [3.8, 4) is 11.5 Å². The second-order valence-corrected chi connectivity index (χ2v) is 8.14. The zero-order valence-corrected chi connectivity index (χ0v) is 15.0. The van der Waals surface area contributed by atoms with E-state index in [-0.39, 0.29) is 22.6 Å². The molecule has 0 aromatic heterocycles. The lowest BCUT2D eigenvalue weighted by Gasteiger charge is -2.29. The van der Waals surface area contributed by atoms with Crippen LogP contribution in [-0.4, -0.2) is 39.0 Å². The molecule has 2 aromatic carbocycles. The molecule has 128 valence electrons. The van der Waals surface area contributed by atoms with Gasteiger partial charge in [-0.2, -0.15) is 4.31 Å². The number of hydrogen-bond acceptors (Lipinski definition) is 4. The van der Waals surface area contributed by atoms with Crippen LogP contribution in [0.15, 0.2) is 47.4 Å². The van der Waals surface area contributed by atoms with Crippen LogP contribution >= 0.6 is 11.6 Å². The molecule has 2 aromatic rings. The standard InChI is InChI=1S/C17H18ClNO4S/c1-12-7-8-17(14(18)9-12)24(20,21)19(2)10-13-11-22-15-5-3-4-6-16(15)23-13/h3-9,13H,10-11H2,1-2H3.